The van der Waals surface area contributed by atoms with Crippen molar-refractivity contribution in [1.29, 1.82) is 0 Å². The van der Waals surface area contributed by atoms with Crippen molar-refractivity contribution < 1.29 is 67.0 Å². The zero-order chi connectivity index (χ0) is 59.7. The lowest BCUT2D eigenvalue weighted by Gasteiger charge is -2.34. The summed E-state index contributed by atoms with van der Waals surface area (Å²) in [7, 11) is 1.17. The smallest absolute Gasteiger partial charge is 0.408 e. The van der Waals surface area contributed by atoms with E-state index in [1.165, 1.54) is 74.6 Å². The zero-order valence-corrected chi connectivity index (χ0v) is 48.9. The van der Waals surface area contributed by atoms with Crippen LogP contribution in [-0.2, 0) is 57.4 Å². The molecule has 1 aromatic carbocycles. The van der Waals surface area contributed by atoms with E-state index >= 15 is 0 Å². The summed E-state index contributed by atoms with van der Waals surface area (Å²) < 4.78 is 15.8. The van der Waals surface area contributed by atoms with Gasteiger partial charge in [-0.15, -0.1) is 0 Å². The first-order valence-electron chi connectivity index (χ1n) is 26.1. The normalized spacial score (nSPS) is 15.5. The number of carbonyl (C=O) groups excluding carboxylic acids is 11. The van der Waals surface area contributed by atoms with Gasteiger partial charge in [-0.3, -0.25) is 38.4 Å². The molecule has 0 saturated carbocycles. The van der Waals surface area contributed by atoms with Crippen LogP contribution in [0.25, 0.3) is 0 Å². The maximum absolute atomic E-state index is 14.4. The molecule has 0 unspecified atom stereocenters. The summed E-state index contributed by atoms with van der Waals surface area (Å²) in [5, 5.41) is 23.5. The number of esters is 2. The van der Waals surface area contributed by atoms with Crippen LogP contribution in [0.5, 0.6) is 0 Å². The van der Waals surface area contributed by atoms with Crippen molar-refractivity contribution in [1.82, 2.24) is 47.9 Å². The van der Waals surface area contributed by atoms with Crippen molar-refractivity contribution in [2.24, 2.45) is 23.7 Å². The SMILES string of the molecule is CC[C@H](C)[C@H](NC(=O)C(C)(C)NC(=O)[C@@H](NC(=O)OC(C)(C)C)C(C)C)C(=O)N[C@@H](C)C(=O)N[C@H](C(=O)NC(C)(C)C(=O)N[C@H](C(=O)N[C@H](C(=O)NC(C)(C)C(=O)OC)C(C)C)[C@@H](C)CC)[C@@H](C)OC(=O)c1ccccc1. The summed E-state index contributed by atoms with van der Waals surface area (Å²) in [5.41, 5.74) is -5.60. The molecule has 0 aromatic heterocycles. The van der Waals surface area contributed by atoms with Gasteiger partial charge in [0.05, 0.1) is 12.7 Å². The Morgan fingerprint density at radius 2 is 0.857 bits per heavy atom. The molecule has 9 atom stereocenters. The molecule has 0 aliphatic rings. The highest BCUT2D eigenvalue weighted by molar-refractivity contribution is 6.00. The molecule has 0 bridgehead atoms. The molecule has 0 saturated heterocycles. The van der Waals surface area contributed by atoms with E-state index in [2.05, 4.69) is 47.9 Å². The molecule has 0 fully saturated rings. The van der Waals surface area contributed by atoms with E-state index < -0.39 is 154 Å². The van der Waals surface area contributed by atoms with Crippen LogP contribution in [0, 0.1) is 23.7 Å². The third-order valence-corrected chi connectivity index (χ3v) is 12.7. The number of rotatable bonds is 27. The van der Waals surface area contributed by atoms with Gasteiger partial charge in [0.15, 0.2) is 0 Å². The van der Waals surface area contributed by atoms with Crippen molar-refractivity contribution in [2.75, 3.05) is 7.11 Å². The molecule has 0 heterocycles. The number of hydrogen-bond donors (Lipinski definition) is 9. The van der Waals surface area contributed by atoms with Gasteiger partial charge in [-0.05, 0) is 112 Å². The molecular weight excluding hydrogens is 999 g/mol. The van der Waals surface area contributed by atoms with E-state index in [1.54, 1.807) is 94.4 Å². The van der Waals surface area contributed by atoms with E-state index in [0.717, 1.165) is 0 Å². The van der Waals surface area contributed by atoms with Gasteiger partial charge >= 0.3 is 18.0 Å². The number of ether oxygens (including phenoxy) is 3. The predicted octanol–water partition coefficient (Wildman–Crippen LogP) is 2.83. The van der Waals surface area contributed by atoms with Crippen LogP contribution in [0.3, 0.4) is 0 Å². The largest absolute Gasteiger partial charge is 0.467 e. The van der Waals surface area contributed by atoms with Crippen LogP contribution < -0.4 is 47.9 Å². The maximum Gasteiger partial charge on any atom is 0.408 e. The molecular formula is C54H89N9O14. The first-order chi connectivity index (χ1) is 35.3. The minimum absolute atomic E-state index is 0.127. The van der Waals surface area contributed by atoms with Crippen molar-refractivity contribution in [3.8, 4) is 0 Å². The van der Waals surface area contributed by atoms with Gasteiger partial charge in [0.1, 0.15) is 64.6 Å². The van der Waals surface area contributed by atoms with E-state index in [-0.39, 0.29) is 5.56 Å². The molecule has 9 N–H and O–H groups in total. The summed E-state index contributed by atoms with van der Waals surface area (Å²) in [5.74, 6) is -9.91. The Bertz CT molecular complexity index is 2260. The second-order valence-electron chi connectivity index (χ2n) is 22.8. The monoisotopic (exact) mass is 1090 g/mol. The minimum Gasteiger partial charge on any atom is -0.467 e. The summed E-state index contributed by atoms with van der Waals surface area (Å²) >= 11 is 0. The number of amides is 9. The van der Waals surface area contributed by atoms with Gasteiger partial charge in [0, 0.05) is 0 Å². The van der Waals surface area contributed by atoms with Gasteiger partial charge < -0.3 is 62.1 Å². The van der Waals surface area contributed by atoms with Crippen LogP contribution in [0.1, 0.15) is 155 Å². The lowest BCUT2D eigenvalue weighted by atomic mass is 9.94. The molecule has 77 heavy (non-hydrogen) atoms. The Balaban J connectivity index is 3.47. The minimum atomic E-state index is -1.83. The van der Waals surface area contributed by atoms with Gasteiger partial charge in [-0.2, -0.15) is 0 Å². The summed E-state index contributed by atoms with van der Waals surface area (Å²) in [6.07, 6.45) is -1.47. The Labute approximate surface area is 454 Å². The fourth-order valence-electron chi connectivity index (χ4n) is 7.29. The maximum atomic E-state index is 14.4. The molecule has 23 heteroatoms. The van der Waals surface area contributed by atoms with Gasteiger partial charge in [-0.25, -0.2) is 14.4 Å². The van der Waals surface area contributed by atoms with Crippen molar-refractivity contribution in [3.05, 3.63) is 35.9 Å². The number of alkyl carbamates (subject to hydrolysis) is 1. The Kier molecular flexibility index (Phi) is 25.8. The number of methoxy groups -OCH3 is 1. The topological polar surface area (TPSA) is 324 Å². The van der Waals surface area contributed by atoms with Crippen molar-refractivity contribution in [2.45, 2.75) is 209 Å². The molecule has 0 radical (unpaired) electrons. The van der Waals surface area contributed by atoms with Crippen LogP contribution >= 0.6 is 0 Å². The van der Waals surface area contributed by atoms with Gasteiger partial charge in [-0.1, -0.05) is 86.4 Å². The highest BCUT2D eigenvalue weighted by Gasteiger charge is 2.42. The summed E-state index contributed by atoms with van der Waals surface area (Å²) in [6.45, 7) is 29.8. The molecule has 0 aliphatic carbocycles. The summed E-state index contributed by atoms with van der Waals surface area (Å²) in [4.78, 5) is 149. The van der Waals surface area contributed by atoms with E-state index in [4.69, 9.17) is 14.2 Å². The third kappa shape index (κ3) is 21.3. The van der Waals surface area contributed by atoms with Crippen LogP contribution in [0.2, 0.25) is 0 Å². The van der Waals surface area contributed by atoms with E-state index in [1.807, 2.05) is 0 Å². The highest BCUT2D eigenvalue weighted by Crippen LogP contribution is 2.17. The standard InChI is InChI=1S/C54H89N9O14/c1-21-30(7)37(58-47(71)52(14,15)61-44(68)36(29(5)6)60-50(74)77-51(11,12)13)41(65)55-32(9)40(64)57-39(33(10)76-46(70)34-26-24-23-25-27-34)45(69)62-53(16,17)48(72)59-38(31(8)22-2)42(66)56-35(28(3)4)43(67)63-54(18,19)49(73)75-20/h23-33,35-39H,21-22H2,1-20H3,(H,55,65)(H,56,66)(H,57,64)(H,58,71)(H,59,72)(H,60,74)(H,61,68)(H,62,69)(H,63,67)/t30-,31-,32-,33+,35-,36-,37-,38-,39-/m0/s1. The van der Waals surface area contributed by atoms with Crippen LogP contribution in [0.4, 0.5) is 4.79 Å². The van der Waals surface area contributed by atoms with Crippen molar-refractivity contribution in [3.63, 3.8) is 0 Å². The lowest BCUT2D eigenvalue weighted by molar-refractivity contribution is -0.150. The number of hydrogen-bond acceptors (Lipinski definition) is 14. The van der Waals surface area contributed by atoms with Crippen LogP contribution in [-0.4, -0.2) is 137 Å². The highest BCUT2D eigenvalue weighted by atomic mass is 16.6. The zero-order valence-electron chi connectivity index (χ0n) is 48.9. The number of carbonyl (C=O) groups is 11. The average Bonchev–Trinajstić information content (AvgIpc) is 3.32. The molecule has 1 rings (SSSR count). The quantitative estimate of drug-likeness (QED) is 0.0452. The molecule has 0 aliphatic heterocycles. The number of benzene rings is 1. The van der Waals surface area contributed by atoms with Gasteiger partial charge in [0.2, 0.25) is 47.3 Å². The lowest BCUT2D eigenvalue weighted by Crippen LogP contribution is -2.66. The van der Waals surface area contributed by atoms with Gasteiger partial charge in [0.25, 0.3) is 0 Å². The Morgan fingerprint density at radius 3 is 1.26 bits per heavy atom. The average molecular weight is 1090 g/mol. The molecule has 9 amide bonds. The van der Waals surface area contributed by atoms with Crippen LogP contribution in [0.15, 0.2) is 30.3 Å². The van der Waals surface area contributed by atoms with E-state index in [0.29, 0.717) is 12.8 Å². The molecule has 23 nitrogen and oxygen atoms in total. The first kappa shape index (κ1) is 68.2. The summed E-state index contributed by atoms with van der Waals surface area (Å²) in [6, 6.07) is -0.0180. The van der Waals surface area contributed by atoms with Crippen molar-refractivity contribution >= 4 is 65.3 Å². The fraction of sp³-hybridized carbons (Fsp3) is 0.685. The fourth-order valence-corrected chi connectivity index (χ4v) is 7.29. The Morgan fingerprint density at radius 1 is 0.468 bits per heavy atom. The Hall–Kier alpha value is -6.81. The van der Waals surface area contributed by atoms with E-state index in [9.17, 15) is 52.7 Å². The molecule has 1 aromatic rings. The number of nitrogens with one attached hydrogen (secondary N) is 9. The molecule has 0 spiro atoms. The predicted molar refractivity (Wildman–Crippen MR) is 287 cm³/mol. The second kappa shape index (κ2) is 29.1. The third-order valence-electron chi connectivity index (χ3n) is 12.7. The first-order valence-corrected chi connectivity index (χ1v) is 26.1. The second-order valence-corrected chi connectivity index (χ2v) is 22.8. The molecule has 434 valence electrons.